The fraction of sp³-hybridized carbons (Fsp3) is 0.389. The number of hydrogen-bond acceptors (Lipinski definition) is 3. The summed E-state index contributed by atoms with van der Waals surface area (Å²) < 4.78 is 0. The summed E-state index contributed by atoms with van der Waals surface area (Å²) in [6.07, 6.45) is 4.73. The molecule has 2 saturated heterocycles. The van der Waals surface area contributed by atoms with Crippen LogP contribution in [0.4, 0.5) is 0 Å². The summed E-state index contributed by atoms with van der Waals surface area (Å²) in [7, 11) is 0. The van der Waals surface area contributed by atoms with E-state index in [0.717, 1.165) is 31.6 Å². The van der Waals surface area contributed by atoms with Crippen molar-refractivity contribution in [3.05, 3.63) is 66.0 Å². The molecule has 5 rings (SSSR count). The molecule has 1 aliphatic carbocycles. The first-order valence-corrected chi connectivity index (χ1v) is 7.66. The van der Waals surface area contributed by atoms with Crippen molar-refractivity contribution in [3.63, 3.8) is 0 Å². The van der Waals surface area contributed by atoms with Gasteiger partial charge in [-0.2, -0.15) is 0 Å². The minimum absolute atomic E-state index is 0.337. The quantitative estimate of drug-likeness (QED) is 0.938. The largest absolute Gasteiger partial charge is 0.384 e. The van der Waals surface area contributed by atoms with Crippen LogP contribution in [0.1, 0.15) is 17.5 Å². The number of aliphatic hydroxyl groups is 1. The molecular weight excluding hydrogens is 260 g/mol. The Balaban J connectivity index is 1.49. The van der Waals surface area contributed by atoms with E-state index in [1.165, 1.54) is 5.56 Å². The Morgan fingerprint density at radius 1 is 1.10 bits per heavy atom. The van der Waals surface area contributed by atoms with Crippen LogP contribution < -0.4 is 0 Å². The molecule has 1 aromatic heterocycles. The molecular formula is C18H20N2O. The SMILES string of the molecule is OC1(c2cccnc2)C2CC1CN(Cc1ccccc1)C2. The number of fused-ring (bicyclic) bond motifs is 2. The van der Waals surface area contributed by atoms with Gasteiger partial charge in [-0.15, -0.1) is 0 Å². The predicted octanol–water partition coefficient (Wildman–Crippen LogP) is 2.42. The second-order valence-electron chi connectivity index (χ2n) is 6.38. The molecule has 2 aromatic rings. The molecule has 0 amide bonds. The highest BCUT2D eigenvalue weighted by atomic mass is 16.3. The van der Waals surface area contributed by atoms with Crippen molar-refractivity contribution >= 4 is 0 Å². The second-order valence-corrected chi connectivity index (χ2v) is 6.38. The van der Waals surface area contributed by atoms with E-state index in [-0.39, 0.29) is 0 Å². The van der Waals surface area contributed by atoms with Crippen LogP contribution in [-0.2, 0) is 12.1 Å². The zero-order chi connectivity index (χ0) is 14.3. The van der Waals surface area contributed by atoms with Gasteiger partial charge < -0.3 is 5.11 Å². The summed E-state index contributed by atoms with van der Waals surface area (Å²) in [5, 5.41) is 11.1. The van der Waals surface area contributed by atoms with E-state index in [1.54, 1.807) is 6.20 Å². The van der Waals surface area contributed by atoms with Gasteiger partial charge in [-0.3, -0.25) is 9.88 Å². The number of aromatic nitrogens is 1. The van der Waals surface area contributed by atoms with E-state index >= 15 is 0 Å². The Morgan fingerprint density at radius 2 is 1.86 bits per heavy atom. The Labute approximate surface area is 125 Å². The fourth-order valence-corrected chi connectivity index (χ4v) is 4.04. The van der Waals surface area contributed by atoms with Crippen molar-refractivity contribution in [2.45, 2.75) is 18.6 Å². The van der Waals surface area contributed by atoms with Gasteiger partial charge in [0.05, 0.1) is 5.60 Å². The van der Waals surface area contributed by atoms with Gasteiger partial charge in [-0.05, 0) is 18.1 Å². The lowest BCUT2D eigenvalue weighted by molar-refractivity contribution is -0.205. The summed E-state index contributed by atoms with van der Waals surface area (Å²) in [5.74, 6) is 0.674. The molecule has 1 saturated carbocycles. The van der Waals surface area contributed by atoms with Gasteiger partial charge in [0.1, 0.15) is 0 Å². The molecule has 3 heteroatoms. The molecule has 2 aliphatic heterocycles. The van der Waals surface area contributed by atoms with Crippen molar-refractivity contribution < 1.29 is 5.11 Å². The van der Waals surface area contributed by atoms with Gasteiger partial charge in [0.15, 0.2) is 0 Å². The number of nitrogens with zero attached hydrogens (tertiary/aromatic N) is 2. The lowest BCUT2D eigenvalue weighted by atomic mass is 9.55. The molecule has 21 heavy (non-hydrogen) atoms. The van der Waals surface area contributed by atoms with Gasteiger partial charge in [0.2, 0.25) is 0 Å². The second kappa shape index (κ2) is 4.93. The summed E-state index contributed by atoms with van der Waals surface area (Å²) in [6, 6.07) is 14.5. The number of benzene rings is 1. The van der Waals surface area contributed by atoms with Gasteiger partial charge in [-0.25, -0.2) is 0 Å². The third-order valence-corrected chi connectivity index (χ3v) is 5.14. The number of rotatable bonds is 3. The fourth-order valence-electron chi connectivity index (χ4n) is 4.04. The Morgan fingerprint density at radius 3 is 2.52 bits per heavy atom. The molecule has 3 aliphatic rings. The van der Waals surface area contributed by atoms with E-state index in [2.05, 4.69) is 40.2 Å². The standard InChI is InChI=1S/C18H20N2O/c21-18(15-7-4-8-19-10-15)16-9-17(18)13-20(12-16)11-14-5-2-1-3-6-14/h1-8,10,16-17,21H,9,11-13H2. The van der Waals surface area contributed by atoms with Gasteiger partial charge in [0, 0.05) is 49.4 Å². The van der Waals surface area contributed by atoms with Crippen LogP contribution in [0.3, 0.4) is 0 Å². The lowest BCUT2D eigenvalue weighted by Gasteiger charge is -2.59. The monoisotopic (exact) mass is 280 g/mol. The van der Waals surface area contributed by atoms with Crippen LogP contribution in [0.5, 0.6) is 0 Å². The van der Waals surface area contributed by atoms with Crippen molar-refractivity contribution in [2.75, 3.05) is 13.1 Å². The first-order chi connectivity index (χ1) is 10.3. The Hall–Kier alpha value is -1.71. The van der Waals surface area contributed by atoms with E-state index in [1.807, 2.05) is 18.3 Å². The molecule has 2 atom stereocenters. The third kappa shape index (κ3) is 2.08. The van der Waals surface area contributed by atoms with E-state index < -0.39 is 5.60 Å². The molecule has 3 nitrogen and oxygen atoms in total. The van der Waals surface area contributed by atoms with Crippen LogP contribution >= 0.6 is 0 Å². The average Bonchev–Trinajstić information content (AvgIpc) is 2.56. The van der Waals surface area contributed by atoms with Gasteiger partial charge in [-0.1, -0.05) is 36.4 Å². The van der Waals surface area contributed by atoms with Crippen LogP contribution in [0, 0.1) is 11.8 Å². The molecule has 2 bridgehead atoms. The third-order valence-electron chi connectivity index (χ3n) is 5.14. The first kappa shape index (κ1) is 13.0. The molecule has 0 spiro atoms. The predicted molar refractivity (Wildman–Crippen MR) is 81.4 cm³/mol. The van der Waals surface area contributed by atoms with Crippen molar-refractivity contribution in [3.8, 4) is 0 Å². The molecule has 3 heterocycles. The van der Waals surface area contributed by atoms with E-state index in [4.69, 9.17) is 0 Å². The average molecular weight is 280 g/mol. The highest BCUT2D eigenvalue weighted by molar-refractivity contribution is 5.27. The maximum Gasteiger partial charge on any atom is 0.0992 e. The molecule has 1 aromatic carbocycles. The topological polar surface area (TPSA) is 36.4 Å². The van der Waals surface area contributed by atoms with Crippen LogP contribution in [-0.4, -0.2) is 28.1 Å². The summed E-state index contributed by atoms with van der Waals surface area (Å²) in [4.78, 5) is 6.64. The van der Waals surface area contributed by atoms with Crippen LogP contribution in [0.15, 0.2) is 54.9 Å². The highest BCUT2D eigenvalue weighted by Gasteiger charge is 2.58. The molecule has 0 radical (unpaired) electrons. The molecule has 3 fully saturated rings. The van der Waals surface area contributed by atoms with Crippen LogP contribution in [0.25, 0.3) is 0 Å². The van der Waals surface area contributed by atoms with E-state index in [0.29, 0.717) is 11.8 Å². The van der Waals surface area contributed by atoms with Crippen molar-refractivity contribution in [2.24, 2.45) is 11.8 Å². The zero-order valence-corrected chi connectivity index (χ0v) is 12.0. The zero-order valence-electron chi connectivity index (χ0n) is 12.0. The minimum Gasteiger partial charge on any atom is -0.384 e. The van der Waals surface area contributed by atoms with Crippen molar-refractivity contribution in [1.82, 2.24) is 9.88 Å². The van der Waals surface area contributed by atoms with E-state index in [9.17, 15) is 5.11 Å². The van der Waals surface area contributed by atoms with Crippen LogP contribution in [0.2, 0.25) is 0 Å². The van der Waals surface area contributed by atoms with Crippen molar-refractivity contribution in [1.29, 1.82) is 0 Å². The number of hydrogen-bond donors (Lipinski definition) is 1. The Kier molecular flexibility index (Phi) is 3.05. The molecule has 1 N–H and O–H groups in total. The highest BCUT2D eigenvalue weighted by Crippen LogP contribution is 2.54. The normalized spacial score (nSPS) is 31.7. The smallest absolute Gasteiger partial charge is 0.0992 e. The maximum absolute atomic E-state index is 11.1. The Bertz CT molecular complexity index is 602. The first-order valence-electron chi connectivity index (χ1n) is 7.66. The van der Waals surface area contributed by atoms with Gasteiger partial charge in [0.25, 0.3) is 0 Å². The minimum atomic E-state index is -0.651. The molecule has 108 valence electrons. The summed E-state index contributed by atoms with van der Waals surface area (Å²) in [5.41, 5.74) is 1.69. The molecule has 2 unspecified atom stereocenters. The maximum atomic E-state index is 11.1. The number of piperidine rings is 2. The van der Waals surface area contributed by atoms with Gasteiger partial charge >= 0.3 is 0 Å². The summed E-state index contributed by atoms with van der Waals surface area (Å²) in [6.45, 7) is 2.92. The number of pyridine rings is 1. The summed E-state index contributed by atoms with van der Waals surface area (Å²) >= 11 is 0. The lowest BCUT2D eigenvalue weighted by Crippen LogP contribution is -2.64.